The molecule has 3 N–H and O–H groups in total. The SMILES string of the molecule is COc1ccc(-c2ccc3c(N)c(C(=O)Nc4ccc(C)c(C)c4)sc3n2)cc1. The van der Waals surface area contributed by atoms with Crippen LogP contribution in [-0.4, -0.2) is 18.0 Å². The molecule has 0 aliphatic heterocycles. The summed E-state index contributed by atoms with van der Waals surface area (Å²) in [6, 6.07) is 17.4. The van der Waals surface area contributed by atoms with Crippen LogP contribution in [0.3, 0.4) is 0 Å². The van der Waals surface area contributed by atoms with Gasteiger partial charge in [-0.05, 0) is 73.5 Å². The van der Waals surface area contributed by atoms with Crippen molar-refractivity contribution in [1.82, 2.24) is 4.98 Å². The summed E-state index contributed by atoms with van der Waals surface area (Å²) in [6.45, 7) is 4.06. The van der Waals surface area contributed by atoms with Gasteiger partial charge in [-0.25, -0.2) is 4.98 Å². The molecule has 1 amide bonds. The van der Waals surface area contributed by atoms with Gasteiger partial charge in [-0.2, -0.15) is 0 Å². The van der Waals surface area contributed by atoms with E-state index in [2.05, 4.69) is 5.32 Å². The standard InChI is InChI=1S/C23H21N3O2S/c1-13-4-7-16(12-14(13)2)25-22(27)21-20(24)18-10-11-19(26-23(18)29-21)15-5-8-17(28-3)9-6-15/h4-12H,24H2,1-3H3,(H,25,27). The fourth-order valence-corrected chi connectivity index (χ4v) is 4.08. The third-order valence-electron chi connectivity index (χ3n) is 4.95. The van der Waals surface area contributed by atoms with Gasteiger partial charge in [0.15, 0.2) is 0 Å². The number of nitrogens with two attached hydrogens (primary N) is 1. The van der Waals surface area contributed by atoms with Gasteiger partial charge in [-0.3, -0.25) is 4.79 Å². The van der Waals surface area contributed by atoms with Crippen LogP contribution in [-0.2, 0) is 0 Å². The van der Waals surface area contributed by atoms with Crippen LogP contribution in [0, 0.1) is 13.8 Å². The molecule has 2 aromatic carbocycles. The van der Waals surface area contributed by atoms with Crippen LogP contribution < -0.4 is 15.8 Å². The Hall–Kier alpha value is -3.38. The van der Waals surface area contributed by atoms with E-state index in [1.54, 1.807) is 7.11 Å². The van der Waals surface area contributed by atoms with Crippen molar-refractivity contribution >= 4 is 38.8 Å². The van der Waals surface area contributed by atoms with Crippen LogP contribution in [0.2, 0.25) is 0 Å². The molecule has 2 aromatic heterocycles. The quantitative estimate of drug-likeness (QED) is 0.477. The number of thiophene rings is 1. The highest BCUT2D eigenvalue weighted by Gasteiger charge is 2.18. The molecule has 0 unspecified atom stereocenters. The molecule has 0 spiro atoms. The average Bonchev–Trinajstić information content (AvgIpc) is 3.07. The summed E-state index contributed by atoms with van der Waals surface area (Å²) in [4.78, 5) is 18.7. The molecular weight excluding hydrogens is 382 g/mol. The van der Waals surface area contributed by atoms with Gasteiger partial charge in [0.05, 0.1) is 18.5 Å². The Labute approximate surface area is 173 Å². The Balaban J connectivity index is 1.65. The lowest BCUT2D eigenvalue weighted by Crippen LogP contribution is -2.12. The number of pyridine rings is 1. The minimum atomic E-state index is -0.222. The van der Waals surface area contributed by atoms with Gasteiger partial charge in [-0.15, -0.1) is 11.3 Å². The number of aryl methyl sites for hydroxylation is 2. The summed E-state index contributed by atoms with van der Waals surface area (Å²) in [5.41, 5.74) is 11.6. The molecule has 0 bridgehead atoms. The van der Waals surface area contributed by atoms with Crippen molar-refractivity contribution in [1.29, 1.82) is 0 Å². The largest absolute Gasteiger partial charge is 0.497 e. The highest BCUT2D eigenvalue weighted by molar-refractivity contribution is 7.21. The molecule has 4 rings (SSSR count). The summed E-state index contributed by atoms with van der Waals surface area (Å²) in [7, 11) is 1.64. The Morgan fingerprint density at radius 1 is 1.03 bits per heavy atom. The van der Waals surface area contributed by atoms with Crippen molar-refractivity contribution in [3.63, 3.8) is 0 Å². The minimum Gasteiger partial charge on any atom is -0.497 e. The Morgan fingerprint density at radius 3 is 2.48 bits per heavy atom. The number of ether oxygens (including phenoxy) is 1. The number of nitrogens with zero attached hydrogens (tertiary/aromatic N) is 1. The van der Waals surface area contributed by atoms with E-state index in [1.807, 2.05) is 68.4 Å². The summed E-state index contributed by atoms with van der Waals surface area (Å²) in [5.74, 6) is 0.570. The minimum absolute atomic E-state index is 0.222. The van der Waals surface area contributed by atoms with E-state index >= 15 is 0 Å². The molecule has 4 aromatic rings. The van der Waals surface area contributed by atoms with Crippen LogP contribution in [0.4, 0.5) is 11.4 Å². The van der Waals surface area contributed by atoms with E-state index in [4.69, 9.17) is 15.5 Å². The average molecular weight is 404 g/mol. The number of hydrogen-bond acceptors (Lipinski definition) is 5. The number of nitrogens with one attached hydrogen (secondary N) is 1. The zero-order valence-electron chi connectivity index (χ0n) is 16.4. The normalized spacial score (nSPS) is 10.9. The molecule has 29 heavy (non-hydrogen) atoms. The first-order valence-corrected chi connectivity index (χ1v) is 10.00. The lowest BCUT2D eigenvalue weighted by molar-refractivity contribution is 0.103. The molecule has 2 heterocycles. The Bertz CT molecular complexity index is 1210. The smallest absolute Gasteiger partial charge is 0.267 e. The monoisotopic (exact) mass is 403 g/mol. The molecule has 0 radical (unpaired) electrons. The first kappa shape index (κ1) is 19.0. The molecule has 0 saturated heterocycles. The lowest BCUT2D eigenvalue weighted by atomic mass is 10.1. The van der Waals surface area contributed by atoms with Crippen LogP contribution in [0.15, 0.2) is 54.6 Å². The van der Waals surface area contributed by atoms with Crippen molar-refractivity contribution in [2.45, 2.75) is 13.8 Å². The van der Waals surface area contributed by atoms with Gasteiger partial charge in [0, 0.05) is 16.6 Å². The van der Waals surface area contributed by atoms with Crippen molar-refractivity contribution in [3.8, 4) is 17.0 Å². The van der Waals surface area contributed by atoms with Crippen LogP contribution >= 0.6 is 11.3 Å². The van der Waals surface area contributed by atoms with E-state index < -0.39 is 0 Å². The summed E-state index contributed by atoms with van der Waals surface area (Å²) >= 11 is 1.30. The van der Waals surface area contributed by atoms with E-state index in [-0.39, 0.29) is 5.91 Å². The second-order valence-corrected chi connectivity index (χ2v) is 7.87. The number of amides is 1. The van der Waals surface area contributed by atoms with Gasteiger partial charge < -0.3 is 15.8 Å². The fourth-order valence-electron chi connectivity index (χ4n) is 3.10. The number of methoxy groups -OCH3 is 1. The van der Waals surface area contributed by atoms with E-state index in [0.717, 1.165) is 38.5 Å². The van der Waals surface area contributed by atoms with E-state index in [9.17, 15) is 4.79 Å². The van der Waals surface area contributed by atoms with Crippen molar-refractivity contribution < 1.29 is 9.53 Å². The van der Waals surface area contributed by atoms with Crippen LogP contribution in [0.1, 0.15) is 20.8 Å². The van der Waals surface area contributed by atoms with Gasteiger partial charge in [0.1, 0.15) is 15.5 Å². The highest BCUT2D eigenvalue weighted by Crippen LogP contribution is 2.35. The molecule has 0 saturated carbocycles. The second-order valence-electron chi connectivity index (χ2n) is 6.88. The van der Waals surface area contributed by atoms with Gasteiger partial charge in [0.2, 0.25) is 0 Å². The Kier molecular flexibility index (Phi) is 4.94. The Morgan fingerprint density at radius 2 is 1.79 bits per heavy atom. The lowest BCUT2D eigenvalue weighted by Gasteiger charge is -2.07. The van der Waals surface area contributed by atoms with Gasteiger partial charge in [0.25, 0.3) is 5.91 Å². The van der Waals surface area contributed by atoms with E-state index in [1.165, 1.54) is 16.9 Å². The third kappa shape index (κ3) is 3.67. The van der Waals surface area contributed by atoms with Gasteiger partial charge in [-0.1, -0.05) is 6.07 Å². The van der Waals surface area contributed by atoms with Crippen molar-refractivity contribution in [2.24, 2.45) is 0 Å². The maximum atomic E-state index is 12.8. The van der Waals surface area contributed by atoms with Crippen LogP contribution in [0.5, 0.6) is 5.75 Å². The highest BCUT2D eigenvalue weighted by atomic mass is 32.1. The number of rotatable bonds is 4. The molecule has 0 aliphatic rings. The molecule has 146 valence electrons. The maximum absolute atomic E-state index is 12.8. The molecule has 0 aliphatic carbocycles. The predicted octanol–water partition coefficient (Wildman–Crippen LogP) is 5.42. The number of nitrogen functional groups attached to an aromatic ring is 1. The molecule has 5 nitrogen and oxygen atoms in total. The first-order chi connectivity index (χ1) is 14.0. The molecule has 6 heteroatoms. The maximum Gasteiger partial charge on any atom is 0.267 e. The van der Waals surface area contributed by atoms with Crippen molar-refractivity contribution in [3.05, 3.63) is 70.6 Å². The number of carbonyl (C=O) groups excluding carboxylic acids is 1. The fraction of sp³-hybridized carbons (Fsp3) is 0.130. The number of fused-ring (bicyclic) bond motifs is 1. The van der Waals surface area contributed by atoms with Crippen LogP contribution in [0.25, 0.3) is 21.5 Å². The first-order valence-electron chi connectivity index (χ1n) is 9.18. The topological polar surface area (TPSA) is 77.2 Å². The number of benzene rings is 2. The summed E-state index contributed by atoms with van der Waals surface area (Å²) < 4.78 is 5.20. The zero-order chi connectivity index (χ0) is 20.5. The van der Waals surface area contributed by atoms with Crippen molar-refractivity contribution in [2.75, 3.05) is 18.2 Å². The molecular formula is C23H21N3O2S. The zero-order valence-corrected chi connectivity index (χ0v) is 17.3. The molecule has 0 atom stereocenters. The van der Waals surface area contributed by atoms with E-state index in [0.29, 0.717) is 10.6 Å². The number of anilines is 2. The third-order valence-corrected chi connectivity index (χ3v) is 6.06. The number of carbonyl (C=O) groups is 1. The summed E-state index contributed by atoms with van der Waals surface area (Å²) in [5, 5.41) is 3.73. The number of aromatic nitrogens is 1. The predicted molar refractivity (Wildman–Crippen MR) is 120 cm³/mol. The summed E-state index contributed by atoms with van der Waals surface area (Å²) in [6.07, 6.45) is 0. The van der Waals surface area contributed by atoms with Gasteiger partial charge >= 0.3 is 0 Å². The number of hydrogen-bond donors (Lipinski definition) is 2. The second kappa shape index (κ2) is 7.56. The molecule has 0 fully saturated rings.